The van der Waals surface area contributed by atoms with Gasteiger partial charge in [0.2, 0.25) is 17.7 Å². The van der Waals surface area contributed by atoms with Crippen molar-refractivity contribution in [3.05, 3.63) is 0 Å². The minimum Gasteiger partial charge on any atom is -0.354 e. The van der Waals surface area contributed by atoms with Gasteiger partial charge in [-0.1, -0.05) is 20.8 Å². The highest BCUT2D eigenvalue weighted by Crippen LogP contribution is 2.12. The van der Waals surface area contributed by atoms with Gasteiger partial charge < -0.3 is 16.0 Å². The summed E-state index contributed by atoms with van der Waals surface area (Å²) in [4.78, 5) is 34.7. The topological polar surface area (TPSA) is 87.3 Å². The molecule has 0 aliphatic carbocycles. The summed E-state index contributed by atoms with van der Waals surface area (Å²) < 4.78 is 0. The minimum atomic E-state index is -0.579. The van der Waals surface area contributed by atoms with E-state index in [0.717, 1.165) is 0 Å². The van der Waals surface area contributed by atoms with Crippen LogP contribution in [0.1, 0.15) is 40.5 Å². The Morgan fingerprint density at radius 1 is 1.37 bits per heavy atom. The maximum absolute atomic E-state index is 11.9. The number of carbonyl (C=O) groups is 3. The molecule has 0 bridgehead atoms. The molecule has 6 heteroatoms. The number of hydrogen-bond donors (Lipinski definition) is 3. The van der Waals surface area contributed by atoms with Gasteiger partial charge in [-0.15, -0.1) is 0 Å². The second kappa shape index (κ2) is 6.04. The van der Waals surface area contributed by atoms with Gasteiger partial charge in [-0.05, 0) is 13.3 Å². The molecule has 1 heterocycles. The van der Waals surface area contributed by atoms with E-state index < -0.39 is 11.5 Å². The molecule has 1 saturated heterocycles. The van der Waals surface area contributed by atoms with Crippen molar-refractivity contribution in [2.75, 3.05) is 6.54 Å². The number of nitrogens with one attached hydrogen (secondary N) is 3. The molecule has 0 spiro atoms. The smallest absolute Gasteiger partial charge is 0.242 e. The summed E-state index contributed by atoms with van der Waals surface area (Å²) in [6.45, 7) is 7.49. The van der Waals surface area contributed by atoms with Gasteiger partial charge in [0.05, 0.1) is 0 Å². The number of piperidine rings is 1. The highest BCUT2D eigenvalue weighted by molar-refractivity contribution is 5.89. The fourth-order valence-corrected chi connectivity index (χ4v) is 1.66. The molecule has 0 aromatic rings. The number of rotatable bonds is 3. The molecule has 1 fully saturated rings. The molecule has 0 saturated carbocycles. The molecule has 108 valence electrons. The zero-order valence-electron chi connectivity index (χ0n) is 12.0. The SMILES string of the molecule is CC(NC(=O)C(C)(C)C)C(=O)NC1CCC(=O)NC1. The van der Waals surface area contributed by atoms with Crippen LogP contribution in [0.15, 0.2) is 0 Å². The van der Waals surface area contributed by atoms with Crippen LogP contribution in [0, 0.1) is 5.41 Å². The third-order valence-electron chi connectivity index (χ3n) is 3.03. The van der Waals surface area contributed by atoms with E-state index in [1.165, 1.54) is 0 Å². The molecule has 1 aliphatic heterocycles. The van der Waals surface area contributed by atoms with Crippen molar-refractivity contribution in [1.29, 1.82) is 0 Å². The normalized spacial score (nSPS) is 21.3. The standard InChI is InChI=1S/C13H23N3O3/c1-8(15-12(19)13(2,3)4)11(18)16-9-5-6-10(17)14-7-9/h8-9H,5-7H2,1-4H3,(H,14,17)(H,15,19)(H,16,18). The van der Waals surface area contributed by atoms with E-state index in [2.05, 4.69) is 16.0 Å². The van der Waals surface area contributed by atoms with E-state index in [-0.39, 0.29) is 23.8 Å². The van der Waals surface area contributed by atoms with Crippen LogP contribution in [0.3, 0.4) is 0 Å². The molecule has 1 rings (SSSR count). The first-order valence-electron chi connectivity index (χ1n) is 6.58. The molecule has 0 aromatic carbocycles. The lowest BCUT2D eigenvalue weighted by molar-refractivity contribution is -0.133. The van der Waals surface area contributed by atoms with Crippen LogP contribution in [0.2, 0.25) is 0 Å². The number of carbonyl (C=O) groups excluding carboxylic acids is 3. The first kappa shape index (κ1) is 15.5. The lowest BCUT2D eigenvalue weighted by atomic mass is 9.95. The molecule has 3 amide bonds. The van der Waals surface area contributed by atoms with Crippen molar-refractivity contribution in [3.8, 4) is 0 Å². The first-order valence-corrected chi connectivity index (χ1v) is 6.58. The van der Waals surface area contributed by atoms with Crippen LogP contribution in [-0.2, 0) is 14.4 Å². The van der Waals surface area contributed by atoms with E-state index in [4.69, 9.17) is 0 Å². The third kappa shape index (κ3) is 4.89. The highest BCUT2D eigenvalue weighted by Gasteiger charge is 2.26. The molecule has 0 aromatic heterocycles. The highest BCUT2D eigenvalue weighted by atomic mass is 16.2. The van der Waals surface area contributed by atoms with E-state index in [0.29, 0.717) is 19.4 Å². The molecule has 2 unspecified atom stereocenters. The molecule has 6 nitrogen and oxygen atoms in total. The Hall–Kier alpha value is -1.59. The lowest BCUT2D eigenvalue weighted by Crippen LogP contribution is -2.54. The Morgan fingerprint density at radius 3 is 2.47 bits per heavy atom. The summed E-state index contributed by atoms with van der Waals surface area (Å²) in [6, 6.07) is -0.636. The van der Waals surface area contributed by atoms with E-state index >= 15 is 0 Å². The predicted octanol–water partition coefficient (Wildman–Crippen LogP) is -0.0680. The minimum absolute atomic E-state index is 0.0135. The maximum Gasteiger partial charge on any atom is 0.242 e. The summed E-state index contributed by atoms with van der Waals surface area (Å²) in [5.74, 6) is -0.370. The van der Waals surface area contributed by atoms with Crippen LogP contribution in [0.5, 0.6) is 0 Å². The molecule has 0 radical (unpaired) electrons. The summed E-state index contributed by atoms with van der Waals surface area (Å²) >= 11 is 0. The fraction of sp³-hybridized carbons (Fsp3) is 0.769. The molecular weight excluding hydrogens is 246 g/mol. The summed E-state index contributed by atoms with van der Waals surface area (Å²) in [7, 11) is 0. The van der Waals surface area contributed by atoms with Crippen LogP contribution < -0.4 is 16.0 Å². The van der Waals surface area contributed by atoms with Gasteiger partial charge in [0.25, 0.3) is 0 Å². The lowest BCUT2D eigenvalue weighted by Gasteiger charge is -2.26. The maximum atomic E-state index is 11.9. The van der Waals surface area contributed by atoms with E-state index in [1.807, 2.05) is 0 Å². The van der Waals surface area contributed by atoms with Gasteiger partial charge >= 0.3 is 0 Å². The average molecular weight is 269 g/mol. The van der Waals surface area contributed by atoms with Gasteiger partial charge in [0.1, 0.15) is 6.04 Å². The van der Waals surface area contributed by atoms with Gasteiger partial charge in [-0.25, -0.2) is 0 Å². The van der Waals surface area contributed by atoms with Crippen LogP contribution in [0.4, 0.5) is 0 Å². The Bertz CT molecular complexity index is 364. The summed E-state index contributed by atoms with van der Waals surface area (Å²) in [5.41, 5.74) is -0.520. The first-order chi connectivity index (χ1) is 8.70. The Kier molecular flexibility index (Phi) is 4.91. The van der Waals surface area contributed by atoms with Gasteiger partial charge in [0.15, 0.2) is 0 Å². The fourth-order valence-electron chi connectivity index (χ4n) is 1.66. The number of amides is 3. The average Bonchev–Trinajstić information content (AvgIpc) is 2.30. The van der Waals surface area contributed by atoms with Crippen molar-refractivity contribution in [1.82, 2.24) is 16.0 Å². The zero-order chi connectivity index (χ0) is 14.6. The largest absolute Gasteiger partial charge is 0.354 e. The second-order valence-corrected chi connectivity index (χ2v) is 5.99. The quantitative estimate of drug-likeness (QED) is 0.670. The Balaban J connectivity index is 2.41. The van der Waals surface area contributed by atoms with Crippen molar-refractivity contribution < 1.29 is 14.4 Å². The van der Waals surface area contributed by atoms with Gasteiger partial charge in [0, 0.05) is 24.4 Å². The van der Waals surface area contributed by atoms with Crippen molar-refractivity contribution >= 4 is 17.7 Å². The molecular formula is C13H23N3O3. The molecule has 19 heavy (non-hydrogen) atoms. The zero-order valence-corrected chi connectivity index (χ0v) is 12.0. The van der Waals surface area contributed by atoms with Gasteiger partial charge in [-0.3, -0.25) is 14.4 Å². The predicted molar refractivity (Wildman–Crippen MR) is 71.2 cm³/mol. The number of hydrogen-bond acceptors (Lipinski definition) is 3. The van der Waals surface area contributed by atoms with E-state index in [9.17, 15) is 14.4 Å². The van der Waals surface area contributed by atoms with Crippen molar-refractivity contribution in [3.63, 3.8) is 0 Å². The van der Waals surface area contributed by atoms with Crippen LogP contribution >= 0.6 is 0 Å². The Labute approximate surface area is 113 Å². The van der Waals surface area contributed by atoms with Crippen LogP contribution in [-0.4, -0.2) is 36.3 Å². The molecule has 2 atom stereocenters. The third-order valence-corrected chi connectivity index (χ3v) is 3.03. The monoisotopic (exact) mass is 269 g/mol. The summed E-state index contributed by atoms with van der Waals surface area (Å²) in [5, 5.41) is 8.21. The van der Waals surface area contributed by atoms with Gasteiger partial charge in [-0.2, -0.15) is 0 Å². The Morgan fingerprint density at radius 2 is 2.00 bits per heavy atom. The van der Waals surface area contributed by atoms with Crippen LogP contribution in [0.25, 0.3) is 0 Å². The van der Waals surface area contributed by atoms with E-state index in [1.54, 1.807) is 27.7 Å². The second-order valence-electron chi connectivity index (χ2n) is 5.99. The molecule has 3 N–H and O–H groups in total. The van der Waals surface area contributed by atoms with Crippen molar-refractivity contribution in [2.45, 2.75) is 52.6 Å². The molecule has 1 aliphatic rings. The summed E-state index contributed by atoms with van der Waals surface area (Å²) in [6.07, 6.45) is 1.06. The van der Waals surface area contributed by atoms with Crippen molar-refractivity contribution in [2.24, 2.45) is 5.41 Å².